The molecule has 0 radical (unpaired) electrons. The SMILES string of the molecule is CCCCn1c(N)c(NCC(O)C(F)F)c(=O)n(C)c1=O. The molecule has 7 nitrogen and oxygen atoms in total. The van der Waals surface area contributed by atoms with E-state index in [9.17, 15) is 18.4 Å². The largest absolute Gasteiger partial charge is 0.385 e. The van der Waals surface area contributed by atoms with Crippen LogP contribution in [-0.2, 0) is 13.6 Å². The number of alkyl halides is 2. The van der Waals surface area contributed by atoms with Gasteiger partial charge in [-0.05, 0) is 6.42 Å². The highest BCUT2D eigenvalue weighted by Gasteiger charge is 2.20. The van der Waals surface area contributed by atoms with Crippen LogP contribution in [0.4, 0.5) is 20.3 Å². The summed E-state index contributed by atoms with van der Waals surface area (Å²) in [6.07, 6.45) is -3.36. The van der Waals surface area contributed by atoms with Gasteiger partial charge in [-0.25, -0.2) is 13.6 Å². The molecule has 1 heterocycles. The van der Waals surface area contributed by atoms with Gasteiger partial charge in [-0.15, -0.1) is 0 Å². The minimum absolute atomic E-state index is 0.113. The molecule has 0 aliphatic heterocycles. The zero-order chi connectivity index (χ0) is 16.2. The molecule has 1 rings (SSSR count). The summed E-state index contributed by atoms with van der Waals surface area (Å²) in [6, 6.07) is 0. The summed E-state index contributed by atoms with van der Waals surface area (Å²) in [7, 11) is 1.28. The number of halogens is 2. The number of unbranched alkanes of at least 4 members (excludes halogenated alkanes) is 1. The lowest BCUT2D eigenvalue weighted by molar-refractivity contribution is 0.00383. The molecule has 1 aromatic rings. The van der Waals surface area contributed by atoms with Crippen LogP contribution in [-0.4, -0.2) is 33.3 Å². The van der Waals surface area contributed by atoms with Crippen molar-refractivity contribution in [2.24, 2.45) is 7.05 Å². The third-order valence-electron chi connectivity index (χ3n) is 3.10. The summed E-state index contributed by atoms with van der Waals surface area (Å²) in [6.45, 7) is 1.71. The number of aliphatic hydroxyl groups is 1. The van der Waals surface area contributed by atoms with Crippen LogP contribution in [0.3, 0.4) is 0 Å². The van der Waals surface area contributed by atoms with Gasteiger partial charge in [0, 0.05) is 20.1 Å². The molecule has 0 fully saturated rings. The third kappa shape index (κ3) is 3.81. The lowest BCUT2D eigenvalue weighted by Gasteiger charge is -2.17. The predicted octanol–water partition coefficient (Wildman–Crippen LogP) is -0.0328. The molecule has 120 valence electrons. The van der Waals surface area contributed by atoms with Gasteiger partial charge in [0.1, 0.15) is 17.6 Å². The van der Waals surface area contributed by atoms with Crippen molar-refractivity contribution < 1.29 is 13.9 Å². The number of nitrogens with zero attached hydrogens (tertiary/aromatic N) is 2. The fraction of sp³-hybridized carbons (Fsp3) is 0.667. The molecular weight excluding hydrogens is 286 g/mol. The Kier molecular flexibility index (Phi) is 5.89. The maximum atomic E-state index is 12.3. The van der Waals surface area contributed by atoms with Crippen molar-refractivity contribution in [1.29, 1.82) is 0 Å². The number of aliphatic hydroxyl groups excluding tert-OH is 1. The van der Waals surface area contributed by atoms with Crippen molar-refractivity contribution in [3.8, 4) is 0 Å². The Morgan fingerprint density at radius 1 is 1.38 bits per heavy atom. The second kappa shape index (κ2) is 7.21. The van der Waals surface area contributed by atoms with E-state index in [1.807, 2.05) is 6.92 Å². The van der Waals surface area contributed by atoms with E-state index >= 15 is 0 Å². The van der Waals surface area contributed by atoms with Crippen LogP contribution in [0.5, 0.6) is 0 Å². The first-order valence-corrected chi connectivity index (χ1v) is 6.60. The molecule has 0 aromatic carbocycles. The molecule has 0 bridgehead atoms. The van der Waals surface area contributed by atoms with Gasteiger partial charge in [-0.1, -0.05) is 13.3 Å². The third-order valence-corrected chi connectivity index (χ3v) is 3.10. The van der Waals surface area contributed by atoms with Crippen molar-refractivity contribution >= 4 is 11.5 Å². The number of nitrogens with one attached hydrogen (secondary N) is 1. The maximum absolute atomic E-state index is 12.3. The Morgan fingerprint density at radius 2 is 2.00 bits per heavy atom. The monoisotopic (exact) mass is 306 g/mol. The quantitative estimate of drug-likeness (QED) is 0.656. The minimum atomic E-state index is -2.94. The number of anilines is 2. The number of nitrogens with two attached hydrogens (primary N) is 1. The van der Waals surface area contributed by atoms with E-state index in [1.165, 1.54) is 11.6 Å². The molecule has 0 amide bonds. The topological polar surface area (TPSA) is 102 Å². The van der Waals surface area contributed by atoms with Crippen LogP contribution >= 0.6 is 0 Å². The van der Waals surface area contributed by atoms with E-state index in [2.05, 4.69) is 5.32 Å². The summed E-state index contributed by atoms with van der Waals surface area (Å²) in [5.74, 6) is -0.113. The van der Waals surface area contributed by atoms with Crippen molar-refractivity contribution in [2.45, 2.75) is 38.8 Å². The highest BCUT2D eigenvalue weighted by molar-refractivity contribution is 5.60. The van der Waals surface area contributed by atoms with Crippen LogP contribution in [0.1, 0.15) is 19.8 Å². The molecule has 1 aromatic heterocycles. The van der Waals surface area contributed by atoms with E-state index in [4.69, 9.17) is 10.8 Å². The number of hydrogen-bond acceptors (Lipinski definition) is 5. The normalized spacial score (nSPS) is 12.7. The maximum Gasteiger partial charge on any atom is 0.332 e. The lowest BCUT2D eigenvalue weighted by Crippen LogP contribution is -2.41. The number of nitrogen functional groups attached to an aromatic ring is 1. The van der Waals surface area contributed by atoms with Crippen molar-refractivity contribution in [3.63, 3.8) is 0 Å². The second-order valence-corrected chi connectivity index (χ2v) is 4.69. The van der Waals surface area contributed by atoms with E-state index in [-0.39, 0.29) is 11.5 Å². The first-order valence-electron chi connectivity index (χ1n) is 6.60. The zero-order valence-electron chi connectivity index (χ0n) is 12.0. The molecule has 1 atom stereocenters. The Hall–Kier alpha value is -1.90. The van der Waals surface area contributed by atoms with Crippen molar-refractivity contribution in [2.75, 3.05) is 17.6 Å². The van der Waals surface area contributed by atoms with Gasteiger partial charge in [-0.2, -0.15) is 0 Å². The van der Waals surface area contributed by atoms with E-state index < -0.39 is 30.3 Å². The molecule has 4 N–H and O–H groups in total. The van der Waals surface area contributed by atoms with E-state index in [0.717, 1.165) is 11.0 Å². The highest BCUT2D eigenvalue weighted by Crippen LogP contribution is 2.12. The summed E-state index contributed by atoms with van der Waals surface area (Å²) in [5.41, 5.74) is 4.34. The van der Waals surface area contributed by atoms with Gasteiger partial charge in [-0.3, -0.25) is 13.9 Å². The molecule has 21 heavy (non-hydrogen) atoms. The van der Waals surface area contributed by atoms with Gasteiger partial charge in [0.2, 0.25) is 0 Å². The molecule has 0 aliphatic rings. The average Bonchev–Trinajstić information content (AvgIpc) is 2.44. The predicted molar refractivity (Wildman–Crippen MR) is 75.8 cm³/mol. The van der Waals surface area contributed by atoms with Crippen LogP contribution in [0.15, 0.2) is 9.59 Å². The van der Waals surface area contributed by atoms with Crippen molar-refractivity contribution in [1.82, 2.24) is 9.13 Å². The molecule has 0 spiro atoms. The van der Waals surface area contributed by atoms with Crippen LogP contribution < -0.4 is 22.3 Å². The first-order chi connectivity index (χ1) is 9.81. The summed E-state index contributed by atoms with van der Waals surface area (Å²) >= 11 is 0. The first kappa shape index (κ1) is 17.2. The van der Waals surface area contributed by atoms with Crippen molar-refractivity contribution in [3.05, 3.63) is 20.8 Å². The fourth-order valence-corrected chi connectivity index (χ4v) is 1.78. The van der Waals surface area contributed by atoms with Crippen LogP contribution in [0.25, 0.3) is 0 Å². The van der Waals surface area contributed by atoms with Gasteiger partial charge in [0.25, 0.3) is 12.0 Å². The summed E-state index contributed by atoms with van der Waals surface area (Å²) in [4.78, 5) is 23.9. The molecule has 0 aliphatic carbocycles. The zero-order valence-corrected chi connectivity index (χ0v) is 12.0. The smallest absolute Gasteiger partial charge is 0.332 e. The van der Waals surface area contributed by atoms with Gasteiger partial charge < -0.3 is 16.2 Å². The fourth-order valence-electron chi connectivity index (χ4n) is 1.78. The molecule has 0 saturated heterocycles. The Balaban J connectivity index is 3.17. The Morgan fingerprint density at radius 3 is 2.52 bits per heavy atom. The molecule has 1 unspecified atom stereocenters. The minimum Gasteiger partial charge on any atom is -0.385 e. The van der Waals surface area contributed by atoms with E-state index in [0.29, 0.717) is 13.0 Å². The average molecular weight is 306 g/mol. The van der Waals surface area contributed by atoms with Gasteiger partial charge >= 0.3 is 5.69 Å². The number of rotatable bonds is 7. The van der Waals surface area contributed by atoms with Crippen LogP contribution in [0.2, 0.25) is 0 Å². The molecule has 0 saturated carbocycles. The highest BCUT2D eigenvalue weighted by atomic mass is 19.3. The number of aromatic nitrogens is 2. The van der Waals surface area contributed by atoms with Crippen LogP contribution in [0, 0.1) is 0 Å². The van der Waals surface area contributed by atoms with Gasteiger partial charge in [0.15, 0.2) is 0 Å². The molecule has 9 heteroatoms. The lowest BCUT2D eigenvalue weighted by atomic mass is 10.3. The summed E-state index contributed by atoms with van der Waals surface area (Å²) in [5, 5.41) is 11.5. The van der Waals surface area contributed by atoms with E-state index in [1.54, 1.807) is 0 Å². The summed E-state index contributed by atoms with van der Waals surface area (Å²) < 4.78 is 26.6. The second-order valence-electron chi connectivity index (χ2n) is 4.69. The Labute approximate surface area is 120 Å². The Bertz CT molecular complexity index is 597. The number of hydrogen-bond donors (Lipinski definition) is 3. The molecular formula is C12H20F2N4O3. The van der Waals surface area contributed by atoms with Gasteiger partial charge in [0.05, 0.1) is 0 Å². The standard InChI is InChI=1S/C12H20F2N4O3/c1-3-4-5-18-10(15)8(11(20)17(2)12(18)21)16-6-7(19)9(13)14/h7,9,16,19H,3-6,15H2,1-2H3.